The summed E-state index contributed by atoms with van der Waals surface area (Å²) in [5.41, 5.74) is 1.93. The third-order valence-electron chi connectivity index (χ3n) is 2.90. The summed E-state index contributed by atoms with van der Waals surface area (Å²) in [5, 5.41) is 12.5. The standard InChI is InChI=1S/C16H18BrNO2/c1-2-18-10-13-9-14(17)6-7-16(13)20-15-5-3-4-12(8-15)11-19/h3-9,18-19H,2,10-11H2,1H3. The van der Waals surface area contributed by atoms with Crippen LogP contribution in [0, 0.1) is 0 Å². The quantitative estimate of drug-likeness (QED) is 0.842. The Morgan fingerprint density at radius 2 is 2.05 bits per heavy atom. The zero-order valence-electron chi connectivity index (χ0n) is 11.4. The van der Waals surface area contributed by atoms with Gasteiger partial charge in [0.2, 0.25) is 0 Å². The van der Waals surface area contributed by atoms with Crippen LogP contribution in [-0.4, -0.2) is 11.7 Å². The Morgan fingerprint density at radius 1 is 1.20 bits per heavy atom. The van der Waals surface area contributed by atoms with Crippen molar-refractivity contribution < 1.29 is 9.84 Å². The summed E-state index contributed by atoms with van der Waals surface area (Å²) in [6.45, 7) is 3.75. The lowest BCUT2D eigenvalue weighted by Gasteiger charge is -2.12. The van der Waals surface area contributed by atoms with Gasteiger partial charge in [-0.15, -0.1) is 0 Å². The fourth-order valence-electron chi connectivity index (χ4n) is 1.88. The molecule has 0 atom stereocenters. The molecule has 2 aromatic carbocycles. The number of benzene rings is 2. The molecule has 3 nitrogen and oxygen atoms in total. The molecule has 0 saturated heterocycles. The van der Waals surface area contributed by atoms with Crippen LogP contribution >= 0.6 is 15.9 Å². The van der Waals surface area contributed by atoms with Crippen LogP contribution in [0.3, 0.4) is 0 Å². The van der Waals surface area contributed by atoms with Gasteiger partial charge in [-0.05, 0) is 42.4 Å². The number of hydrogen-bond acceptors (Lipinski definition) is 3. The van der Waals surface area contributed by atoms with Gasteiger partial charge in [0.15, 0.2) is 0 Å². The molecule has 2 N–H and O–H groups in total. The highest BCUT2D eigenvalue weighted by atomic mass is 79.9. The largest absolute Gasteiger partial charge is 0.457 e. The van der Waals surface area contributed by atoms with Crippen molar-refractivity contribution in [3.05, 3.63) is 58.1 Å². The lowest BCUT2D eigenvalue weighted by molar-refractivity contribution is 0.281. The maximum atomic E-state index is 9.16. The van der Waals surface area contributed by atoms with Gasteiger partial charge in [-0.1, -0.05) is 35.0 Å². The van der Waals surface area contributed by atoms with E-state index in [1.165, 1.54) is 0 Å². The number of hydrogen-bond donors (Lipinski definition) is 2. The number of aliphatic hydroxyl groups is 1. The molecule has 0 fully saturated rings. The molecule has 20 heavy (non-hydrogen) atoms. The second-order valence-electron chi connectivity index (χ2n) is 4.44. The predicted octanol–water partition coefficient (Wildman–Crippen LogP) is 3.84. The van der Waals surface area contributed by atoms with Gasteiger partial charge in [-0.25, -0.2) is 0 Å². The molecule has 0 spiro atoms. The predicted molar refractivity (Wildman–Crippen MR) is 84.0 cm³/mol. The zero-order valence-corrected chi connectivity index (χ0v) is 13.0. The number of ether oxygens (including phenoxy) is 1. The molecule has 0 heterocycles. The SMILES string of the molecule is CCNCc1cc(Br)ccc1Oc1cccc(CO)c1. The Balaban J connectivity index is 2.22. The Bertz CT molecular complexity index is 572. The third-order valence-corrected chi connectivity index (χ3v) is 3.39. The summed E-state index contributed by atoms with van der Waals surface area (Å²) in [5.74, 6) is 1.56. The topological polar surface area (TPSA) is 41.5 Å². The zero-order chi connectivity index (χ0) is 14.4. The van der Waals surface area contributed by atoms with E-state index in [-0.39, 0.29) is 6.61 Å². The minimum absolute atomic E-state index is 0.0157. The van der Waals surface area contributed by atoms with Crippen LogP contribution in [0.15, 0.2) is 46.9 Å². The van der Waals surface area contributed by atoms with Gasteiger partial charge >= 0.3 is 0 Å². The minimum atomic E-state index is 0.0157. The highest BCUT2D eigenvalue weighted by molar-refractivity contribution is 9.10. The van der Waals surface area contributed by atoms with Crippen molar-refractivity contribution in [2.75, 3.05) is 6.54 Å². The molecule has 0 aliphatic heterocycles. The molecule has 0 aliphatic carbocycles. The van der Waals surface area contributed by atoms with Gasteiger partial charge in [0, 0.05) is 16.6 Å². The van der Waals surface area contributed by atoms with Crippen molar-refractivity contribution in [1.29, 1.82) is 0 Å². The number of rotatable bonds is 6. The first-order valence-electron chi connectivity index (χ1n) is 6.59. The van der Waals surface area contributed by atoms with Crippen LogP contribution in [0.25, 0.3) is 0 Å². The van der Waals surface area contributed by atoms with Gasteiger partial charge in [0.25, 0.3) is 0 Å². The van der Waals surface area contributed by atoms with Crippen LogP contribution in [0.2, 0.25) is 0 Å². The van der Waals surface area contributed by atoms with E-state index < -0.39 is 0 Å². The number of halogens is 1. The van der Waals surface area contributed by atoms with E-state index in [0.717, 1.165) is 40.2 Å². The summed E-state index contributed by atoms with van der Waals surface area (Å²) >= 11 is 3.48. The lowest BCUT2D eigenvalue weighted by Crippen LogP contribution is -2.12. The summed E-state index contributed by atoms with van der Waals surface area (Å²) in [7, 11) is 0. The fraction of sp³-hybridized carbons (Fsp3) is 0.250. The molecular formula is C16H18BrNO2. The van der Waals surface area contributed by atoms with Crippen molar-refractivity contribution in [2.24, 2.45) is 0 Å². The lowest BCUT2D eigenvalue weighted by atomic mass is 10.2. The second-order valence-corrected chi connectivity index (χ2v) is 5.36. The van der Waals surface area contributed by atoms with Crippen molar-refractivity contribution >= 4 is 15.9 Å². The van der Waals surface area contributed by atoms with Crippen LogP contribution in [0.5, 0.6) is 11.5 Å². The van der Waals surface area contributed by atoms with Crippen molar-refractivity contribution in [3.8, 4) is 11.5 Å². The van der Waals surface area contributed by atoms with E-state index >= 15 is 0 Å². The molecular weight excluding hydrogens is 318 g/mol. The first-order valence-corrected chi connectivity index (χ1v) is 7.39. The van der Waals surface area contributed by atoms with Gasteiger partial charge in [0.05, 0.1) is 6.61 Å². The molecule has 2 aromatic rings. The Morgan fingerprint density at radius 3 is 2.80 bits per heavy atom. The van der Waals surface area contributed by atoms with E-state index in [2.05, 4.69) is 28.2 Å². The van der Waals surface area contributed by atoms with Crippen LogP contribution in [-0.2, 0) is 13.2 Å². The first-order chi connectivity index (χ1) is 9.72. The van der Waals surface area contributed by atoms with Crippen molar-refractivity contribution in [3.63, 3.8) is 0 Å². The normalized spacial score (nSPS) is 10.6. The maximum absolute atomic E-state index is 9.16. The maximum Gasteiger partial charge on any atom is 0.131 e. The van der Waals surface area contributed by atoms with Gasteiger partial charge in [-0.2, -0.15) is 0 Å². The van der Waals surface area contributed by atoms with E-state index in [4.69, 9.17) is 9.84 Å². The number of aliphatic hydroxyl groups excluding tert-OH is 1. The molecule has 106 valence electrons. The first kappa shape index (κ1) is 15.0. The monoisotopic (exact) mass is 335 g/mol. The molecule has 0 radical (unpaired) electrons. The van der Waals surface area contributed by atoms with Gasteiger partial charge in [0.1, 0.15) is 11.5 Å². The summed E-state index contributed by atoms with van der Waals surface area (Å²) < 4.78 is 6.96. The minimum Gasteiger partial charge on any atom is -0.457 e. The molecule has 0 amide bonds. The molecule has 0 unspecified atom stereocenters. The van der Waals surface area contributed by atoms with Gasteiger partial charge in [-0.3, -0.25) is 0 Å². The van der Waals surface area contributed by atoms with Crippen LogP contribution in [0.4, 0.5) is 0 Å². The molecule has 2 rings (SSSR count). The highest BCUT2D eigenvalue weighted by Crippen LogP contribution is 2.28. The summed E-state index contributed by atoms with van der Waals surface area (Å²) in [4.78, 5) is 0. The van der Waals surface area contributed by atoms with Crippen LogP contribution in [0.1, 0.15) is 18.1 Å². The van der Waals surface area contributed by atoms with E-state index in [9.17, 15) is 0 Å². The average Bonchev–Trinajstić information content (AvgIpc) is 2.47. The van der Waals surface area contributed by atoms with Crippen LogP contribution < -0.4 is 10.1 Å². The van der Waals surface area contributed by atoms with E-state index in [1.807, 2.05) is 42.5 Å². The molecule has 0 aromatic heterocycles. The summed E-state index contributed by atoms with van der Waals surface area (Å²) in [6, 6.07) is 13.4. The highest BCUT2D eigenvalue weighted by Gasteiger charge is 2.06. The van der Waals surface area contributed by atoms with E-state index in [0.29, 0.717) is 0 Å². The van der Waals surface area contributed by atoms with E-state index in [1.54, 1.807) is 0 Å². The smallest absolute Gasteiger partial charge is 0.131 e. The Hall–Kier alpha value is -1.36. The fourth-order valence-corrected chi connectivity index (χ4v) is 2.29. The Labute approximate surface area is 127 Å². The average molecular weight is 336 g/mol. The number of nitrogens with one attached hydrogen (secondary N) is 1. The molecule has 0 bridgehead atoms. The molecule has 0 saturated carbocycles. The van der Waals surface area contributed by atoms with Gasteiger partial charge < -0.3 is 15.2 Å². The molecule has 4 heteroatoms. The van der Waals surface area contributed by atoms with Crippen molar-refractivity contribution in [1.82, 2.24) is 5.32 Å². The summed E-state index contributed by atoms with van der Waals surface area (Å²) in [6.07, 6.45) is 0. The molecule has 0 aliphatic rings. The Kier molecular flexibility index (Phi) is 5.59. The second kappa shape index (κ2) is 7.43. The third kappa shape index (κ3) is 4.07. The van der Waals surface area contributed by atoms with Crippen molar-refractivity contribution in [2.45, 2.75) is 20.1 Å².